The van der Waals surface area contributed by atoms with Crippen LogP contribution >= 0.6 is 0 Å². The van der Waals surface area contributed by atoms with Crippen molar-refractivity contribution in [1.82, 2.24) is 4.90 Å². The van der Waals surface area contributed by atoms with Crippen LogP contribution in [0.3, 0.4) is 0 Å². The van der Waals surface area contributed by atoms with Crippen LogP contribution in [0.5, 0.6) is 5.75 Å². The molecular formula is C19H25NO3. The number of hydrogen-bond donors (Lipinski definition) is 0. The molecule has 23 heavy (non-hydrogen) atoms. The van der Waals surface area contributed by atoms with Gasteiger partial charge in [0.1, 0.15) is 17.3 Å². The first-order valence-corrected chi connectivity index (χ1v) is 8.31. The zero-order valence-corrected chi connectivity index (χ0v) is 14.0. The van der Waals surface area contributed by atoms with Gasteiger partial charge in [-0.1, -0.05) is 0 Å². The summed E-state index contributed by atoms with van der Waals surface area (Å²) in [6.07, 6.45) is 1.21. The number of nitrogens with zero attached hydrogens (tertiary/aromatic N) is 1. The van der Waals surface area contributed by atoms with E-state index in [1.807, 2.05) is 37.3 Å². The van der Waals surface area contributed by atoms with Gasteiger partial charge < -0.3 is 13.9 Å². The molecule has 0 amide bonds. The number of hydrogen-bond acceptors (Lipinski definition) is 4. The minimum absolute atomic E-state index is 0.653. The van der Waals surface area contributed by atoms with Crippen LogP contribution in [-0.2, 0) is 11.3 Å². The molecule has 0 N–H and O–H groups in total. The first-order valence-electron chi connectivity index (χ1n) is 8.31. The second kappa shape index (κ2) is 7.66. The Balaban J connectivity index is 1.59. The number of ether oxygens (including phenoxy) is 2. The molecule has 124 valence electrons. The Kier molecular flexibility index (Phi) is 5.36. The molecule has 1 aliphatic rings. The molecule has 2 aromatic rings. The highest BCUT2D eigenvalue weighted by atomic mass is 16.5. The molecule has 1 aromatic carbocycles. The van der Waals surface area contributed by atoms with Crippen LogP contribution in [0.4, 0.5) is 0 Å². The Labute approximate surface area is 138 Å². The van der Waals surface area contributed by atoms with Crippen molar-refractivity contribution in [1.29, 1.82) is 0 Å². The zero-order valence-electron chi connectivity index (χ0n) is 14.0. The van der Waals surface area contributed by atoms with E-state index in [0.717, 1.165) is 49.1 Å². The maximum Gasteiger partial charge on any atom is 0.134 e. The monoisotopic (exact) mass is 315 g/mol. The number of furan rings is 1. The average Bonchev–Trinajstić information content (AvgIpc) is 3.19. The SMILES string of the molecule is CCOc1ccc(-c2ccc(CN3CC[C@H](COC)C3)o2)cc1. The molecule has 3 rings (SSSR count). The van der Waals surface area contributed by atoms with Crippen LogP contribution in [0.15, 0.2) is 40.8 Å². The molecule has 1 aliphatic heterocycles. The van der Waals surface area contributed by atoms with E-state index in [2.05, 4.69) is 11.0 Å². The van der Waals surface area contributed by atoms with Crippen molar-refractivity contribution in [2.24, 2.45) is 5.92 Å². The molecule has 4 nitrogen and oxygen atoms in total. The van der Waals surface area contributed by atoms with Gasteiger partial charge in [-0.3, -0.25) is 4.90 Å². The molecule has 0 radical (unpaired) electrons. The Hall–Kier alpha value is -1.78. The Morgan fingerprint density at radius 1 is 1.17 bits per heavy atom. The predicted octanol–water partition coefficient (Wildman–Crippen LogP) is 3.81. The third kappa shape index (κ3) is 4.15. The Morgan fingerprint density at radius 3 is 2.74 bits per heavy atom. The van der Waals surface area contributed by atoms with E-state index in [9.17, 15) is 0 Å². The van der Waals surface area contributed by atoms with Crippen molar-refractivity contribution >= 4 is 0 Å². The van der Waals surface area contributed by atoms with E-state index in [4.69, 9.17) is 13.9 Å². The number of methoxy groups -OCH3 is 1. The minimum atomic E-state index is 0.653. The summed E-state index contributed by atoms with van der Waals surface area (Å²) in [6, 6.07) is 12.2. The van der Waals surface area contributed by atoms with E-state index in [-0.39, 0.29) is 0 Å². The lowest BCUT2D eigenvalue weighted by molar-refractivity contribution is 0.151. The van der Waals surface area contributed by atoms with Crippen molar-refractivity contribution in [2.45, 2.75) is 19.9 Å². The first kappa shape index (κ1) is 16.1. The minimum Gasteiger partial charge on any atom is -0.494 e. The van der Waals surface area contributed by atoms with Gasteiger partial charge in [0.15, 0.2) is 0 Å². The Bertz CT molecular complexity index is 605. The quantitative estimate of drug-likeness (QED) is 0.778. The summed E-state index contributed by atoms with van der Waals surface area (Å²) < 4.78 is 16.7. The molecule has 1 aromatic heterocycles. The van der Waals surface area contributed by atoms with Crippen LogP contribution < -0.4 is 4.74 Å². The van der Waals surface area contributed by atoms with E-state index < -0.39 is 0 Å². The molecule has 0 spiro atoms. The highest BCUT2D eigenvalue weighted by Gasteiger charge is 2.23. The predicted molar refractivity (Wildman–Crippen MR) is 90.6 cm³/mol. The summed E-state index contributed by atoms with van der Waals surface area (Å²) in [5, 5.41) is 0. The van der Waals surface area contributed by atoms with Crippen LogP contribution in [0.1, 0.15) is 19.1 Å². The fourth-order valence-electron chi connectivity index (χ4n) is 3.15. The van der Waals surface area contributed by atoms with E-state index in [1.54, 1.807) is 7.11 Å². The summed E-state index contributed by atoms with van der Waals surface area (Å²) in [6.45, 7) is 6.61. The van der Waals surface area contributed by atoms with Crippen molar-refractivity contribution in [3.63, 3.8) is 0 Å². The molecule has 4 heteroatoms. The van der Waals surface area contributed by atoms with Gasteiger partial charge in [0.05, 0.1) is 19.8 Å². The maximum absolute atomic E-state index is 6.01. The lowest BCUT2D eigenvalue weighted by Gasteiger charge is -2.14. The third-order valence-corrected chi connectivity index (χ3v) is 4.26. The van der Waals surface area contributed by atoms with Crippen LogP contribution in [0.25, 0.3) is 11.3 Å². The number of benzene rings is 1. The highest BCUT2D eigenvalue weighted by Crippen LogP contribution is 2.26. The van der Waals surface area contributed by atoms with Gasteiger partial charge in [-0.05, 0) is 62.2 Å². The van der Waals surface area contributed by atoms with Crippen molar-refractivity contribution < 1.29 is 13.9 Å². The summed E-state index contributed by atoms with van der Waals surface area (Å²) >= 11 is 0. The topological polar surface area (TPSA) is 34.8 Å². The molecule has 0 saturated carbocycles. The molecule has 2 heterocycles. The summed E-state index contributed by atoms with van der Waals surface area (Å²) in [4.78, 5) is 2.44. The van der Waals surface area contributed by atoms with E-state index in [1.165, 1.54) is 6.42 Å². The standard InChI is InChI=1S/C19H25NO3/c1-3-22-17-6-4-16(5-7-17)19-9-8-18(23-19)13-20-11-10-15(12-20)14-21-2/h4-9,15H,3,10-14H2,1-2H3/t15-/m0/s1. The van der Waals surface area contributed by atoms with Gasteiger partial charge in [0.25, 0.3) is 0 Å². The Morgan fingerprint density at radius 2 is 2.00 bits per heavy atom. The van der Waals surface area contributed by atoms with Gasteiger partial charge in [0, 0.05) is 19.2 Å². The van der Waals surface area contributed by atoms with Gasteiger partial charge >= 0.3 is 0 Å². The van der Waals surface area contributed by atoms with Gasteiger partial charge in [0.2, 0.25) is 0 Å². The second-order valence-corrected chi connectivity index (χ2v) is 6.07. The van der Waals surface area contributed by atoms with Gasteiger partial charge in [-0.15, -0.1) is 0 Å². The van der Waals surface area contributed by atoms with E-state index in [0.29, 0.717) is 12.5 Å². The van der Waals surface area contributed by atoms with E-state index >= 15 is 0 Å². The molecule has 0 bridgehead atoms. The van der Waals surface area contributed by atoms with Crippen molar-refractivity contribution in [2.75, 3.05) is 33.4 Å². The smallest absolute Gasteiger partial charge is 0.134 e. The highest BCUT2D eigenvalue weighted by molar-refractivity contribution is 5.58. The molecule has 0 aliphatic carbocycles. The molecule has 1 atom stereocenters. The lowest BCUT2D eigenvalue weighted by Crippen LogP contribution is -2.20. The fraction of sp³-hybridized carbons (Fsp3) is 0.474. The van der Waals surface area contributed by atoms with Gasteiger partial charge in [-0.25, -0.2) is 0 Å². The van der Waals surface area contributed by atoms with Crippen LogP contribution in [0.2, 0.25) is 0 Å². The second-order valence-electron chi connectivity index (χ2n) is 6.07. The molecule has 0 unspecified atom stereocenters. The normalized spacial score (nSPS) is 18.4. The summed E-state index contributed by atoms with van der Waals surface area (Å²) in [5.74, 6) is 3.48. The molecule has 1 saturated heterocycles. The van der Waals surface area contributed by atoms with Gasteiger partial charge in [-0.2, -0.15) is 0 Å². The summed E-state index contributed by atoms with van der Waals surface area (Å²) in [5.41, 5.74) is 1.08. The number of rotatable bonds is 7. The van der Waals surface area contributed by atoms with Crippen molar-refractivity contribution in [3.05, 3.63) is 42.2 Å². The summed E-state index contributed by atoms with van der Waals surface area (Å²) in [7, 11) is 1.78. The average molecular weight is 315 g/mol. The molecule has 1 fully saturated rings. The molecular weight excluding hydrogens is 290 g/mol. The van der Waals surface area contributed by atoms with Crippen LogP contribution in [-0.4, -0.2) is 38.3 Å². The van der Waals surface area contributed by atoms with Crippen LogP contribution in [0, 0.1) is 5.92 Å². The maximum atomic E-state index is 6.01. The largest absolute Gasteiger partial charge is 0.494 e. The number of likely N-dealkylation sites (tertiary alicyclic amines) is 1. The first-order chi connectivity index (χ1) is 11.3. The third-order valence-electron chi connectivity index (χ3n) is 4.26. The van der Waals surface area contributed by atoms with Crippen molar-refractivity contribution in [3.8, 4) is 17.1 Å². The lowest BCUT2D eigenvalue weighted by atomic mass is 10.1. The fourth-order valence-corrected chi connectivity index (χ4v) is 3.15. The zero-order chi connectivity index (χ0) is 16.1.